The van der Waals surface area contributed by atoms with Gasteiger partial charge in [0.25, 0.3) is 0 Å². The Balaban J connectivity index is 1.38. The van der Waals surface area contributed by atoms with Gasteiger partial charge in [-0.2, -0.15) is 4.31 Å². The van der Waals surface area contributed by atoms with Gasteiger partial charge in [0.05, 0.1) is 10.5 Å². The summed E-state index contributed by atoms with van der Waals surface area (Å²) in [5, 5.41) is 0. The topological polar surface area (TPSA) is 90.0 Å². The molecule has 8 heteroatoms. The summed E-state index contributed by atoms with van der Waals surface area (Å²) in [7, 11) is -3.80. The summed E-state index contributed by atoms with van der Waals surface area (Å²) in [6.07, 6.45) is 3.40. The molecule has 0 amide bonds. The average Bonchev–Trinajstić information content (AvgIpc) is 2.87. The molecule has 1 heterocycles. The monoisotopic (exact) mass is 513 g/mol. The maximum atomic E-state index is 13.3. The molecule has 3 atom stereocenters. The van der Waals surface area contributed by atoms with Gasteiger partial charge in [-0.05, 0) is 66.3 Å². The Hall–Kier alpha value is -2.71. The highest BCUT2D eigenvalue weighted by Gasteiger charge is 2.34. The Bertz CT molecular complexity index is 1210. The molecule has 0 N–H and O–H groups in total. The van der Waals surface area contributed by atoms with Crippen LogP contribution in [0.2, 0.25) is 0 Å². The quantitative estimate of drug-likeness (QED) is 0.503. The van der Waals surface area contributed by atoms with Gasteiger partial charge in [0.2, 0.25) is 10.0 Å². The van der Waals surface area contributed by atoms with Crippen LogP contribution in [0.1, 0.15) is 61.5 Å². The Kier molecular flexibility index (Phi) is 8.15. The summed E-state index contributed by atoms with van der Waals surface area (Å²) >= 11 is 0. The Morgan fingerprint density at radius 2 is 1.81 bits per heavy atom. The number of nitrogens with zero attached hydrogens (tertiary/aromatic N) is 1. The molecule has 7 nitrogen and oxygen atoms in total. The number of ether oxygens (including phenoxy) is 2. The largest absolute Gasteiger partial charge is 0.460 e. The van der Waals surface area contributed by atoms with Gasteiger partial charge in [-0.1, -0.05) is 57.5 Å². The van der Waals surface area contributed by atoms with E-state index in [-0.39, 0.29) is 23.1 Å². The molecule has 2 aromatic carbocycles. The summed E-state index contributed by atoms with van der Waals surface area (Å²) < 4.78 is 38.8. The van der Waals surface area contributed by atoms with Crippen molar-refractivity contribution in [2.24, 2.45) is 17.8 Å². The molecule has 1 aliphatic carbocycles. The normalized spacial score (nSPS) is 22.6. The van der Waals surface area contributed by atoms with Crippen LogP contribution in [0.15, 0.2) is 53.4 Å². The number of rotatable bonds is 7. The van der Waals surface area contributed by atoms with E-state index < -0.39 is 28.6 Å². The lowest BCUT2D eigenvalue weighted by Crippen LogP contribution is -2.36. The highest BCUT2D eigenvalue weighted by atomic mass is 32.2. The van der Waals surface area contributed by atoms with Gasteiger partial charge in [-0.3, -0.25) is 0 Å². The van der Waals surface area contributed by atoms with Crippen molar-refractivity contribution in [2.75, 3.05) is 13.2 Å². The first-order chi connectivity index (χ1) is 17.1. The van der Waals surface area contributed by atoms with Crippen LogP contribution in [0.3, 0.4) is 0 Å². The van der Waals surface area contributed by atoms with E-state index in [0.717, 1.165) is 30.4 Å². The molecule has 0 aromatic heterocycles. The van der Waals surface area contributed by atoms with Gasteiger partial charge in [-0.25, -0.2) is 18.0 Å². The van der Waals surface area contributed by atoms with E-state index in [9.17, 15) is 18.0 Å². The molecule has 0 radical (unpaired) electrons. The standard InChI is InChI=1S/C28H35NO6S/c1-19(2)25-12-11-20(3)15-26(25)35-27(30)18-34-28(31)22-9-6-10-24(16-22)36(32,33)29-14-13-21-7-4-5-8-23(21)17-29/h4-10,16,19-20,25-26H,11-15,17-18H2,1-3H3/t20-,25+,26+/m0/s1. The smallest absolute Gasteiger partial charge is 0.344 e. The minimum atomic E-state index is -3.80. The second-order valence-electron chi connectivity index (χ2n) is 10.3. The van der Waals surface area contributed by atoms with Gasteiger partial charge in [-0.15, -0.1) is 0 Å². The first-order valence-corrected chi connectivity index (χ1v) is 14.1. The zero-order valence-corrected chi connectivity index (χ0v) is 22.0. The molecular weight excluding hydrogens is 478 g/mol. The number of fused-ring (bicyclic) bond motifs is 1. The van der Waals surface area contributed by atoms with Crippen LogP contribution in [0.5, 0.6) is 0 Å². The van der Waals surface area contributed by atoms with E-state index >= 15 is 0 Å². The number of esters is 2. The predicted molar refractivity (Wildman–Crippen MR) is 136 cm³/mol. The molecule has 0 spiro atoms. The number of carbonyl (C=O) groups excluding carboxylic acids is 2. The minimum Gasteiger partial charge on any atom is -0.460 e. The first kappa shape index (κ1) is 26.4. The molecular formula is C28H35NO6S. The molecule has 2 aliphatic rings. The minimum absolute atomic E-state index is 0.0230. The number of carbonyl (C=O) groups is 2. The maximum absolute atomic E-state index is 13.3. The van der Waals surface area contributed by atoms with Crippen molar-refractivity contribution in [3.63, 3.8) is 0 Å². The molecule has 0 saturated heterocycles. The third-order valence-corrected chi connectivity index (χ3v) is 9.21. The predicted octanol–water partition coefficient (Wildman–Crippen LogP) is 4.59. The van der Waals surface area contributed by atoms with Crippen LogP contribution in [0, 0.1) is 17.8 Å². The summed E-state index contributed by atoms with van der Waals surface area (Å²) in [5.41, 5.74) is 2.21. The first-order valence-electron chi connectivity index (χ1n) is 12.7. The Morgan fingerprint density at radius 3 is 2.56 bits per heavy atom. The summed E-state index contributed by atoms with van der Waals surface area (Å²) in [6, 6.07) is 13.6. The fourth-order valence-electron chi connectivity index (χ4n) is 5.27. The van der Waals surface area contributed by atoms with E-state index in [2.05, 4.69) is 20.8 Å². The van der Waals surface area contributed by atoms with Gasteiger partial charge >= 0.3 is 11.9 Å². The van der Waals surface area contributed by atoms with Gasteiger partial charge in [0.15, 0.2) is 6.61 Å². The molecule has 36 heavy (non-hydrogen) atoms. The van der Waals surface area contributed by atoms with E-state index in [1.54, 1.807) is 0 Å². The Labute approximate surface area is 213 Å². The zero-order chi connectivity index (χ0) is 25.9. The van der Waals surface area contributed by atoms with Gasteiger partial charge < -0.3 is 9.47 Å². The molecule has 2 aromatic rings. The molecule has 194 valence electrons. The lowest BCUT2D eigenvalue weighted by Gasteiger charge is -2.36. The number of hydrogen-bond donors (Lipinski definition) is 0. The van der Waals surface area contributed by atoms with E-state index in [0.29, 0.717) is 30.7 Å². The van der Waals surface area contributed by atoms with Crippen LogP contribution in [-0.4, -0.2) is 43.9 Å². The van der Waals surface area contributed by atoms with Gasteiger partial charge in [0, 0.05) is 13.1 Å². The zero-order valence-electron chi connectivity index (χ0n) is 21.2. The molecule has 1 fully saturated rings. The van der Waals surface area contributed by atoms with Crippen LogP contribution in [0.25, 0.3) is 0 Å². The number of hydrogen-bond acceptors (Lipinski definition) is 6. The molecule has 0 unspecified atom stereocenters. The van der Waals surface area contributed by atoms with Crippen molar-refractivity contribution >= 4 is 22.0 Å². The maximum Gasteiger partial charge on any atom is 0.344 e. The summed E-state index contributed by atoms with van der Waals surface area (Å²) in [4.78, 5) is 25.1. The molecule has 4 rings (SSSR count). The molecule has 0 bridgehead atoms. The molecule has 1 saturated carbocycles. The van der Waals surface area contributed by atoms with Crippen molar-refractivity contribution in [3.8, 4) is 0 Å². The van der Waals surface area contributed by atoms with Crippen molar-refractivity contribution in [3.05, 3.63) is 65.2 Å². The van der Waals surface area contributed by atoms with E-state index in [1.807, 2.05) is 24.3 Å². The average molecular weight is 514 g/mol. The van der Waals surface area contributed by atoms with Gasteiger partial charge in [0.1, 0.15) is 6.10 Å². The fourth-order valence-corrected chi connectivity index (χ4v) is 6.73. The van der Waals surface area contributed by atoms with Crippen molar-refractivity contribution in [1.82, 2.24) is 4.31 Å². The number of benzene rings is 2. The van der Waals surface area contributed by atoms with Crippen LogP contribution in [-0.2, 0) is 37.3 Å². The van der Waals surface area contributed by atoms with Crippen LogP contribution in [0.4, 0.5) is 0 Å². The summed E-state index contributed by atoms with van der Waals surface area (Å²) in [5.74, 6) is -0.159. The highest BCUT2D eigenvalue weighted by Crippen LogP contribution is 2.35. The summed E-state index contributed by atoms with van der Waals surface area (Å²) in [6.45, 7) is 6.57. The van der Waals surface area contributed by atoms with E-state index in [4.69, 9.17) is 9.47 Å². The third-order valence-electron chi connectivity index (χ3n) is 7.37. The van der Waals surface area contributed by atoms with Crippen LogP contribution >= 0.6 is 0 Å². The van der Waals surface area contributed by atoms with Crippen molar-refractivity contribution < 1.29 is 27.5 Å². The highest BCUT2D eigenvalue weighted by molar-refractivity contribution is 7.89. The van der Waals surface area contributed by atoms with Crippen molar-refractivity contribution in [1.29, 1.82) is 0 Å². The second-order valence-corrected chi connectivity index (χ2v) is 12.3. The SMILES string of the molecule is CC(C)[C@H]1CC[C@H](C)C[C@H]1OC(=O)COC(=O)c1cccc(S(=O)(=O)N2CCc3ccccc3C2)c1. The van der Waals surface area contributed by atoms with Crippen molar-refractivity contribution in [2.45, 2.75) is 64.0 Å². The molecule has 1 aliphatic heterocycles. The van der Waals surface area contributed by atoms with E-state index in [1.165, 1.54) is 28.6 Å². The second kappa shape index (κ2) is 11.1. The van der Waals surface area contributed by atoms with Crippen LogP contribution < -0.4 is 0 Å². The lowest BCUT2D eigenvalue weighted by molar-refractivity contribution is -0.159. The lowest BCUT2D eigenvalue weighted by atomic mass is 9.75. The number of sulfonamides is 1. The Morgan fingerprint density at radius 1 is 1.06 bits per heavy atom. The third kappa shape index (κ3) is 5.98. The fraction of sp³-hybridized carbons (Fsp3) is 0.500.